The number of thiol groups is 1. The minimum absolute atomic E-state index is 0.0239. The molecule has 2 atom stereocenters. The van der Waals surface area contributed by atoms with Gasteiger partial charge in [-0.25, -0.2) is 4.98 Å². The fourth-order valence-corrected chi connectivity index (χ4v) is 6.86. The van der Waals surface area contributed by atoms with Gasteiger partial charge in [-0.1, -0.05) is 82.5 Å². The van der Waals surface area contributed by atoms with Crippen LogP contribution in [0.4, 0.5) is 11.8 Å². The Hall–Kier alpha value is -1.39. The average molecular weight is 690 g/mol. The normalized spacial score (nSPS) is 16.4. The molecule has 2 aromatic rings. The number of benzene rings is 1. The summed E-state index contributed by atoms with van der Waals surface area (Å²) < 4.78 is 0.737. The zero-order valence-electron chi connectivity index (χ0n) is 28.5. The van der Waals surface area contributed by atoms with Gasteiger partial charge in [0.05, 0.1) is 14.6 Å². The van der Waals surface area contributed by atoms with Crippen LogP contribution >= 0.6 is 47.6 Å². The minimum Gasteiger partial charge on any atom is -0.352 e. The van der Waals surface area contributed by atoms with Crippen LogP contribution in [0.25, 0.3) is 10.9 Å². The number of piperazine rings is 1. The summed E-state index contributed by atoms with van der Waals surface area (Å²) in [5.41, 5.74) is 5.49. The van der Waals surface area contributed by atoms with E-state index >= 15 is 0 Å². The van der Waals surface area contributed by atoms with Crippen molar-refractivity contribution in [3.8, 4) is 0 Å². The third kappa shape index (κ3) is 15.7. The number of thioether (sulfide) groups is 1. The molecule has 1 amide bonds. The van der Waals surface area contributed by atoms with Crippen LogP contribution in [-0.2, 0) is 4.79 Å². The molecule has 1 aliphatic carbocycles. The zero-order valence-corrected chi connectivity index (χ0v) is 31.7. The van der Waals surface area contributed by atoms with Crippen molar-refractivity contribution in [1.29, 1.82) is 0 Å². The number of amides is 1. The Morgan fingerprint density at radius 1 is 1.07 bits per heavy atom. The molecular weight excluding hydrogens is 631 g/mol. The molecular formula is C33H58Cl2N6OS2. The highest BCUT2D eigenvalue weighted by Gasteiger charge is 2.23. The molecule has 2 aliphatic rings. The van der Waals surface area contributed by atoms with Crippen molar-refractivity contribution in [2.45, 2.75) is 90.5 Å². The number of alkyl halides is 1. The van der Waals surface area contributed by atoms with E-state index in [9.17, 15) is 4.79 Å². The highest BCUT2D eigenvalue weighted by atomic mass is 35.5. The first-order valence-corrected chi connectivity index (χ1v) is 18.3. The Bertz CT molecular complexity index is 1080. The molecule has 0 spiro atoms. The summed E-state index contributed by atoms with van der Waals surface area (Å²) in [7, 11) is 3.62. The molecule has 7 nitrogen and oxygen atoms in total. The summed E-state index contributed by atoms with van der Waals surface area (Å²) >= 11 is 17.0. The van der Waals surface area contributed by atoms with Gasteiger partial charge < -0.3 is 20.4 Å². The van der Waals surface area contributed by atoms with Gasteiger partial charge in [0.1, 0.15) is 5.82 Å². The Kier molecular flexibility index (Phi) is 24.0. The van der Waals surface area contributed by atoms with Crippen LogP contribution in [0.1, 0.15) is 80.6 Å². The fraction of sp³-hybridized carbons (Fsp3) is 0.667. The molecule has 0 bridgehead atoms. The summed E-state index contributed by atoms with van der Waals surface area (Å²) in [5, 5.41) is 1.28. The number of carbonyl (C=O) groups excluding carboxylic acids is 1. The quantitative estimate of drug-likeness (QED) is 0.223. The number of fused-ring (bicyclic) bond motifs is 1. The van der Waals surface area contributed by atoms with E-state index in [1.165, 1.54) is 50.9 Å². The first-order valence-electron chi connectivity index (χ1n) is 16.1. The molecule has 2 fully saturated rings. The lowest BCUT2D eigenvalue weighted by Gasteiger charge is -2.36. The number of anilines is 2. The standard InChI is InChI=1S/C22H31N5O.C6H10Cl2S2.2C2H6.CH5N/c1-17(28)26-12-14-27(15-13-26)21-19-10-6-7-11-20(19)23-22(24-21)25(2)16-18-8-4-3-5-9-18;1-4(9)3-6(8)10-5(2)7;3*1-2/h6-7,10-11,18H,3-5,8-9,12-16H2,1-2H3;3-5,9H,1-2H3;2*1-2H3;2H2,1H3/b;6-3-;;;. The van der Waals surface area contributed by atoms with Gasteiger partial charge in [0.2, 0.25) is 11.9 Å². The van der Waals surface area contributed by atoms with Crippen LogP contribution in [0.15, 0.2) is 34.7 Å². The smallest absolute Gasteiger partial charge is 0.227 e. The van der Waals surface area contributed by atoms with Gasteiger partial charge in [0.15, 0.2) is 0 Å². The molecule has 1 aliphatic heterocycles. The highest BCUT2D eigenvalue weighted by Crippen LogP contribution is 2.30. The second kappa shape index (κ2) is 24.8. The van der Waals surface area contributed by atoms with Gasteiger partial charge >= 0.3 is 0 Å². The van der Waals surface area contributed by atoms with E-state index in [0.717, 1.165) is 61.3 Å². The second-order valence-corrected chi connectivity index (χ2v) is 13.9. The van der Waals surface area contributed by atoms with Gasteiger partial charge in [-0.05, 0) is 57.9 Å². The van der Waals surface area contributed by atoms with Crippen molar-refractivity contribution in [2.75, 3.05) is 56.6 Å². The minimum atomic E-state index is 0.0239. The predicted molar refractivity (Wildman–Crippen MR) is 202 cm³/mol. The lowest BCUT2D eigenvalue weighted by Crippen LogP contribution is -2.48. The molecule has 0 radical (unpaired) electrons. The SMILES string of the molecule is CC.CC.CC(=O)N1CCN(c2nc(N(C)CC3CCCCC3)nc3ccccc23)CC1.CC(S)/C=C(/Cl)SC(C)Cl.CN. The summed E-state index contributed by atoms with van der Waals surface area (Å²) in [6.45, 7) is 17.6. The number of hydrogen-bond donors (Lipinski definition) is 2. The summed E-state index contributed by atoms with van der Waals surface area (Å²) in [6.07, 6.45) is 8.57. The van der Waals surface area contributed by atoms with Crippen LogP contribution in [0.3, 0.4) is 0 Å². The van der Waals surface area contributed by atoms with Crippen LogP contribution in [0.5, 0.6) is 0 Å². The third-order valence-corrected chi connectivity index (χ3v) is 8.34. The van der Waals surface area contributed by atoms with Crippen molar-refractivity contribution in [3.05, 3.63) is 34.7 Å². The zero-order chi connectivity index (χ0) is 33.7. The van der Waals surface area contributed by atoms with Gasteiger partial charge in [-0.2, -0.15) is 17.6 Å². The number of halogens is 2. The maximum absolute atomic E-state index is 11.7. The Labute approximate surface area is 288 Å². The first kappa shape index (κ1) is 42.6. The largest absolute Gasteiger partial charge is 0.352 e. The van der Waals surface area contributed by atoms with Crippen LogP contribution in [0.2, 0.25) is 0 Å². The molecule has 1 saturated heterocycles. The number of para-hydroxylation sites is 1. The molecule has 1 aromatic heterocycles. The molecule has 2 heterocycles. The number of hydrogen-bond acceptors (Lipinski definition) is 8. The molecule has 2 N–H and O–H groups in total. The molecule has 2 unspecified atom stereocenters. The van der Waals surface area contributed by atoms with E-state index in [1.54, 1.807) is 6.92 Å². The third-order valence-electron chi connectivity index (χ3n) is 6.84. The summed E-state index contributed by atoms with van der Waals surface area (Å²) in [5.74, 6) is 2.71. The van der Waals surface area contributed by atoms with Crippen molar-refractivity contribution in [3.63, 3.8) is 0 Å². The Morgan fingerprint density at radius 2 is 1.64 bits per heavy atom. The highest BCUT2D eigenvalue weighted by molar-refractivity contribution is 8.06. The van der Waals surface area contributed by atoms with Gasteiger partial charge in [0.25, 0.3) is 0 Å². The summed E-state index contributed by atoms with van der Waals surface area (Å²) in [4.78, 5) is 28.0. The van der Waals surface area contributed by atoms with Gasteiger partial charge in [-0.3, -0.25) is 4.79 Å². The van der Waals surface area contributed by atoms with Crippen LogP contribution < -0.4 is 15.5 Å². The van der Waals surface area contributed by atoms with Crippen molar-refractivity contribution < 1.29 is 4.79 Å². The van der Waals surface area contributed by atoms with Crippen molar-refractivity contribution in [1.82, 2.24) is 14.9 Å². The van der Waals surface area contributed by atoms with E-state index in [0.29, 0.717) is 4.36 Å². The van der Waals surface area contributed by atoms with Crippen molar-refractivity contribution >= 4 is 76.2 Å². The Morgan fingerprint density at radius 3 is 2.16 bits per heavy atom. The lowest BCUT2D eigenvalue weighted by atomic mass is 9.89. The predicted octanol–water partition coefficient (Wildman–Crippen LogP) is 8.65. The number of rotatable bonds is 7. The maximum atomic E-state index is 11.7. The second-order valence-electron chi connectivity index (χ2n) is 10.1. The molecule has 44 heavy (non-hydrogen) atoms. The fourth-order valence-electron chi connectivity index (χ4n) is 4.92. The van der Waals surface area contributed by atoms with Crippen LogP contribution in [-0.4, -0.2) is 77.6 Å². The molecule has 4 rings (SSSR count). The van der Waals surface area contributed by atoms with E-state index in [2.05, 4.69) is 47.3 Å². The molecule has 252 valence electrons. The number of carbonyl (C=O) groups is 1. The van der Waals surface area contributed by atoms with E-state index in [1.807, 2.05) is 64.7 Å². The lowest BCUT2D eigenvalue weighted by molar-refractivity contribution is -0.129. The number of nitrogens with two attached hydrogens (primary N) is 1. The average Bonchev–Trinajstić information content (AvgIpc) is 3.03. The topological polar surface area (TPSA) is 78.6 Å². The van der Waals surface area contributed by atoms with E-state index < -0.39 is 0 Å². The van der Waals surface area contributed by atoms with E-state index in [4.69, 9.17) is 33.2 Å². The van der Waals surface area contributed by atoms with Crippen molar-refractivity contribution in [2.24, 2.45) is 11.7 Å². The number of nitrogens with zero attached hydrogens (tertiary/aromatic N) is 5. The monoisotopic (exact) mass is 688 g/mol. The van der Waals surface area contributed by atoms with Gasteiger partial charge in [-0.15, -0.1) is 11.6 Å². The van der Waals surface area contributed by atoms with E-state index in [-0.39, 0.29) is 15.9 Å². The maximum Gasteiger partial charge on any atom is 0.227 e. The number of aromatic nitrogens is 2. The molecule has 11 heteroatoms. The van der Waals surface area contributed by atoms with Crippen LogP contribution in [0, 0.1) is 5.92 Å². The Balaban J connectivity index is 0.000000978. The first-order chi connectivity index (χ1) is 21.1. The summed E-state index contributed by atoms with van der Waals surface area (Å²) in [6, 6.07) is 8.27. The molecule has 1 saturated carbocycles. The molecule has 1 aromatic carbocycles. The van der Waals surface area contributed by atoms with Gasteiger partial charge in [0, 0.05) is 57.3 Å².